The van der Waals surface area contributed by atoms with Gasteiger partial charge in [-0.2, -0.15) is 26.3 Å². The predicted octanol–water partition coefficient (Wildman–Crippen LogP) is 5.36. The van der Waals surface area contributed by atoms with Crippen molar-refractivity contribution in [1.82, 2.24) is 0 Å². The first-order valence-corrected chi connectivity index (χ1v) is 7.66. The minimum Gasteiger partial charge on any atom is -0.388 e. The number of hydrogen-bond acceptors (Lipinski definition) is 2. The van der Waals surface area contributed by atoms with Crippen LogP contribution in [0, 0.1) is 0 Å². The Balaban J connectivity index is 2.06. The summed E-state index contributed by atoms with van der Waals surface area (Å²) < 4.78 is 82.2. The molecule has 0 saturated heterocycles. The van der Waals surface area contributed by atoms with Gasteiger partial charge in [0.1, 0.15) is 0 Å². The van der Waals surface area contributed by atoms with Crippen molar-refractivity contribution in [2.24, 2.45) is 0 Å². The van der Waals surface area contributed by atoms with Crippen molar-refractivity contribution in [3.8, 4) is 0 Å². The van der Waals surface area contributed by atoms with Gasteiger partial charge < -0.3 is 9.84 Å². The van der Waals surface area contributed by atoms with Gasteiger partial charge in [-0.1, -0.05) is 30.3 Å². The van der Waals surface area contributed by atoms with Gasteiger partial charge in [-0.15, -0.1) is 0 Å². The normalized spacial score (nSPS) is 13.7. The van der Waals surface area contributed by atoms with E-state index in [1.807, 2.05) is 6.07 Å². The lowest BCUT2D eigenvalue weighted by Gasteiger charge is -2.17. The Morgan fingerprint density at radius 3 is 1.88 bits per heavy atom. The molecule has 0 aliphatic rings. The molecular formula is C18H16F6O2. The number of halogens is 6. The molecule has 2 nitrogen and oxygen atoms in total. The lowest BCUT2D eigenvalue weighted by Crippen LogP contribution is -2.13. The van der Waals surface area contributed by atoms with Crippen LogP contribution < -0.4 is 0 Å². The van der Waals surface area contributed by atoms with Gasteiger partial charge in [-0.25, -0.2) is 0 Å². The van der Waals surface area contributed by atoms with Gasteiger partial charge in [0.2, 0.25) is 0 Å². The third-order valence-electron chi connectivity index (χ3n) is 3.64. The molecule has 0 amide bonds. The van der Waals surface area contributed by atoms with E-state index in [-0.39, 0.29) is 25.7 Å². The molecule has 2 aromatic carbocycles. The van der Waals surface area contributed by atoms with Crippen molar-refractivity contribution in [2.45, 2.75) is 31.5 Å². The van der Waals surface area contributed by atoms with Crippen molar-refractivity contribution < 1.29 is 36.2 Å². The van der Waals surface area contributed by atoms with Crippen molar-refractivity contribution >= 4 is 0 Å². The van der Waals surface area contributed by atoms with Crippen LogP contribution in [-0.2, 0) is 23.7 Å². The van der Waals surface area contributed by atoms with Gasteiger partial charge in [0.25, 0.3) is 0 Å². The van der Waals surface area contributed by atoms with Crippen LogP contribution in [-0.4, -0.2) is 11.7 Å². The third kappa shape index (κ3) is 5.74. The molecule has 2 aromatic rings. The highest BCUT2D eigenvalue weighted by Gasteiger charge is 2.37. The monoisotopic (exact) mass is 378 g/mol. The molecule has 0 fully saturated rings. The summed E-state index contributed by atoms with van der Waals surface area (Å²) >= 11 is 0. The maximum Gasteiger partial charge on any atom is 0.416 e. The first kappa shape index (κ1) is 20.3. The highest BCUT2D eigenvalue weighted by molar-refractivity contribution is 5.34. The Labute approximate surface area is 146 Å². The summed E-state index contributed by atoms with van der Waals surface area (Å²) in [5.41, 5.74) is -2.49. The minimum atomic E-state index is -4.94. The summed E-state index contributed by atoms with van der Waals surface area (Å²) in [5, 5.41) is 9.98. The highest BCUT2D eigenvalue weighted by atomic mass is 19.4. The summed E-state index contributed by atoms with van der Waals surface area (Å²) in [6.07, 6.45) is -11.5. The van der Waals surface area contributed by atoms with E-state index in [2.05, 4.69) is 0 Å². The van der Waals surface area contributed by atoms with E-state index in [9.17, 15) is 31.4 Å². The van der Waals surface area contributed by atoms with Crippen LogP contribution in [0.5, 0.6) is 0 Å². The molecular weight excluding hydrogens is 362 g/mol. The lowest BCUT2D eigenvalue weighted by atomic mass is 9.99. The molecule has 0 unspecified atom stereocenters. The van der Waals surface area contributed by atoms with Crippen LogP contribution in [0.4, 0.5) is 26.3 Å². The minimum absolute atomic E-state index is 0.0202. The smallest absolute Gasteiger partial charge is 0.388 e. The van der Waals surface area contributed by atoms with Gasteiger partial charge in [-0.3, -0.25) is 0 Å². The van der Waals surface area contributed by atoms with Crippen LogP contribution in [0.1, 0.15) is 34.8 Å². The second-order valence-electron chi connectivity index (χ2n) is 5.68. The quantitative estimate of drug-likeness (QED) is 0.541. The van der Waals surface area contributed by atoms with Gasteiger partial charge >= 0.3 is 12.4 Å². The molecule has 1 atom stereocenters. The summed E-state index contributed by atoms with van der Waals surface area (Å²) in [4.78, 5) is 0. The molecule has 0 bridgehead atoms. The molecule has 0 aliphatic heterocycles. The number of benzene rings is 2. The van der Waals surface area contributed by atoms with Crippen LogP contribution >= 0.6 is 0 Å². The first-order valence-electron chi connectivity index (χ1n) is 7.66. The number of rotatable bonds is 6. The summed E-state index contributed by atoms with van der Waals surface area (Å²) in [6, 6.07) is 10.1. The average Bonchev–Trinajstić information content (AvgIpc) is 2.57. The Bertz CT molecular complexity index is 678. The Kier molecular flexibility index (Phi) is 6.30. The van der Waals surface area contributed by atoms with E-state index in [0.29, 0.717) is 12.1 Å². The largest absolute Gasteiger partial charge is 0.416 e. The van der Waals surface area contributed by atoms with Gasteiger partial charge in [0.15, 0.2) is 0 Å². The van der Waals surface area contributed by atoms with E-state index >= 15 is 0 Å². The zero-order chi connectivity index (χ0) is 19.4. The molecule has 0 spiro atoms. The Morgan fingerprint density at radius 1 is 0.846 bits per heavy atom. The van der Waals surface area contributed by atoms with Gasteiger partial charge in [0, 0.05) is 13.0 Å². The van der Waals surface area contributed by atoms with Crippen LogP contribution in [0.25, 0.3) is 0 Å². The maximum absolute atomic E-state index is 12.8. The summed E-state index contributed by atoms with van der Waals surface area (Å²) in [6.45, 7) is 0.206. The summed E-state index contributed by atoms with van der Waals surface area (Å²) in [5.74, 6) is 0. The van der Waals surface area contributed by atoms with E-state index in [4.69, 9.17) is 4.74 Å². The number of aliphatic hydroxyl groups excluding tert-OH is 1. The molecule has 0 aliphatic carbocycles. The zero-order valence-corrected chi connectivity index (χ0v) is 13.4. The van der Waals surface area contributed by atoms with Crippen molar-refractivity contribution in [1.29, 1.82) is 0 Å². The highest BCUT2D eigenvalue weighted by Crippen LogP contribution is 2.37. The predicted molar refractivity (Wildman–Crippen MR) is 82.1 cm³/mol. The molecule has 1 N–H and O–H groups in total. The average molecular weight is 378 g/mol. The number of alkyl halides is 6. The standard InChI is InChI=1S/C18H16F6O2/c19-17(20,21)14-8-13(9-15(10-14)18(22,23)24)16(25)6-7-26-11-12-4-2-1-3-5-12/h1-5,8-10,16,25H,6-7,11H2/t16-/m1/s1. The molecule has 0 saturated carbocycles. The number of hydrogen-bond donors (Lipinski definition) is 1. The number of aliphatic hydroxyl groups is 1. The van der Waals surface area contributed by atoms with Crippen LogP contribution in [0.3, 0.4) is 0 Å². The van der Waals surface area contributed by atoms with Gasteiger partial charge in [0.05, 0.1) is 23.8 Å². The van der Waals surface area contributed by atoms with Crippen molar-refractivity contribution in [2.75, 3.05) is 6.61 Å². The summed E-state index contributed by atoms with van der Waals surface area (Å²) in [7, 11) is 0. The molecule has 0 aromatic heterocycles. The SMILES string of the molecule is O[C@H](CCOCc1ccccc1)c1cc(C(F)(F)F)cc(C(F)(F)F)c1. The van der Waals surface area contributed by atoms with Crippen LogP contribution in [0.2, 0.25) is 0 Å². The fourth-order valence-corrected chi connectivity index (χ4v) is 2.30. The molecule has 8 heteroatoms. The van der Waals surface area contributed by atoms with E-state index < -0.39 is 35.1 Å². The molecule has 26 heavy (non-hydrogen) atoms. The van der Waals surface area contributed by atoms with Crippen LogP contribution in [0.15, 0.2) is 48.5 Å². The van der Waals surface area contributed by atoms with Crippen molar-refractivity contribution in [3.63, 3.8) is 0 Å². The molecule has 2 rings (SSSR count). The second-order valence-corrected chi connectivity index (χ2v) is 5.68. The van der Waals surface area contributed by atoms with E-state index in [1.54, 1.807) is 24.3 Å². The first-order chi connectivity index (χ1) is 12.1. The number of ether oxygens (including phenoxy) is 1. The second kappa shape index (κ2) is 8.09. The Hall–Kier alpha value is -2.06. The van der Waals surface area contributed by atoms with Crippen molar-refractivity contribution in [3.05, 3.63) is 70.8 Å². The van der Waals surface area contributed by atoms with E-state index in [0.717, 1.165) is 5.56 Å². The van der Waals surface area contributed by atoms with E-state index in [1.165, 1.54) is 0 Å². The third-order valence-corrected chi connectivity index (χ3v) is 3.64. The maximum atomic E-state index is 12.8. The molecule has 0 heterocycles. The fraction of sp³-hybridized carbons (Fsp3) is 0.333. The Morgan fingerprint density at radius 2 is 1.38 bits per heavy atom. The molecule has 142 valence electrons. The fourth-order valence-electron chi connectivity index (χ4n) is 2.30. The molecule has 0 radical (unpaired) electrons. The topological polar surface area (TPSA) is 29.5 Å². The zero-order valence-electron chi connectivity index (χ0n) is 13.4. The van der Waals surface area contributed by atoms with Gasteiger partial charge in [-0.05, 0) is 29.3 Å². The lowest BCUT2D eigenvalue weighted by molar-refractivity contribution is -0.143.